The predicted molar refractivity (Wildman–Crippen MR) is 111 cm³/mol. The highest BCUT2D eigenvalue weighted by atomic mass is 16.5. The molecule has 6 heteroatoms. The first-order valence-corrected chi connectivity index (χ1v) is 9.15. The molecule has 2 aromatic carbocycles. The third kappa shape index (κ3) is 6.53. The smallest absolute Gasteiger partial charge is 0.328 e. The summed E-state index contributed by atoms with van der Waals surface area (Å²) in [5, 5.41) is 18.9. The van der Waals surface area contributed by atoms with E-state index in [9.17, 15) is 14.7 Å². The second-order valence-electron chi connectivity index (χ2n) is 6.29. The van der Waals surface area contributed by atoms with Gasteiger partial charge in [0.2, 0.25) is 0 Å². The number of benzene rings is 2. The van der Waals surface area contributed by atoms with Crippen molar-refractivity contribution >= 4 is 17.8 Å². The van der Waals surface area contributed by atoms with Crippen LogP contribution in [0.5, 0.6) is 17.2 Å². The van der Waals surface area contributed by atoms with Crippen LogP contribution in [0.4, 0.5) is 0 Å². The quantitative estimate of drug-likeness (QED) is 0.255. The second kappa shape index (κ2) is 10.7. The van der Waals surface area contributed by atoms with E-state index in [1.807, 2.05) is 0 Å². The lowest BCUT2D eigenvalue weighted by Crippen LogP contribution is -2.08. The number of rotatable bonds is 11. The van der Waals surface area contributed by atoms with E-state index in [1.54, 1.807) is 42.5 Å². The minimum atomic E-state index is -0.998. The molecule has 0 saturated heterocycles. The van der Waals surface area contributed by atoms with Gasteiger partial charge in [0.05, 0.1) is 13.2 Å². The highest BCUT2D eigenvalue weighted by Gasteiger charge is 2.17. The first-order chi connectivity index (χ1) is 13.9. The van der Waals surface area contributed by atoms with Gasteiger partial charge in [0.1, 0.15) is 22.8 Å². The highest BCUT2D eigenvalue weighted by molar-refractivity contribution is 6.00. The number of carboxylic acids is 1. The lowest BCUT2D eigenvalue weighted by Gasteiger charge is -2.14. The molecule has 6 nitrogen and oxygen atoms in total. The summed E-state index contributed by atoms with van der Waals surface area (Å²) in [5.74, 6) is -0.326. The van der Waals surface area contributed by atoms with E-state index >= 15 is 0 Å². The molecule has 0 aliphatic rings. The number of hydrogen-bond acceptors (Lipinski definition) is 5. The van der Waals surface area contributed by atoms with Gasteiger partial charge in [0, 0.05) is 12.5 Å². The second-order valence-corrected chi connectivity index (χ2v) is 6.29. The number of aromatic hydroxyl groups is 1. The Hall–Kier alpha value is -3.54. The average Bonchev–Trinajstić information content (AvgIpc) is 2.68. The van der Waals surface area contributed by atoms with Crippen LogP contribution in [0.25, 0.3) is 6.08 Å². The molecule has 2 aromatic rings. The maximum atomic E-state index is 11.9. The molecular formula is C23H24O6. The number of Topliss-reactive ketones (excluding diaryl/α,β-unsaturated/α-hetero) is 1. The van der Waals surface area contributed by atoms with Gasteiger partial charge in [-0.25, -0.2) is 4.79 Å². The largest absolute Gasteiger partial charge is 0.507 e. The van der Waals surface area contributed by atoms with Crippen molar-refractivity contribution in [2.24, 2.45) is 0 Å². The Morgan fingerprint density at radius 2 is 1.76 bits per heavy atom. The zero-order valence-corrected chi connectivity index (χ0v) is 16.3. The van der Waals surface area contributed by atoms with Gasteiger partial charge in [-0.3, -0.25) is 4.79 Å². The summed E-state index contributed by atoms with van der Waals surface area (Å²) < 4.78 is 11.3. The Kier molecular flexibility index (Phi) is 8.03. The molecule has 2 N–H and O–H groups in total. The van der Waals surface area contributed by atoms with E-state index in [0.717, 1.165) is 11.6 Å². The average molecular weight is 396 g/mol. The van der Waals surface area contributed by atoms with Crippen molar-refractivity contribution < 1.29 is 29.3 Å². The number of ketones is 1. The number of phenolic OH excluding ortho intramolecular Hbond substituents is 1. The number of carbonyl (C=O) groups excluding carboxylic acids is 1. The molecule has 0 heterocycles. The third-order valence-electron chi connectivity index (χ3n) is 4.05. The lowest BCUT2D eigenvalue weighted by atomic mass is 10.0. The van der Waals surface area contributed by atoms with Crippen molar-refractivity contribution in [3.8, 4) is 17.2 Å². The van der Waals surface area contributed by atoms with E-state index in [1.165, 1.54) is 13.0 Å². The van der Waals surface area contributed by atoms with Crippen LogP contribution in [-0.2, 0) is 11.2 Å². The molecule has 0 saturated carbocycles. The van der Waals surface area contributed by atoms with Gasteiger partial charge in [0.25, 0.3) is 0 Å². The van der Waals surface area contributed by atoms with E-state index in [2.05, 4.69) is 6.58 Å². The SMILES string of the molecule is C=CCc1ccc(OCCCOc2ccc(/C=C/C(=O)O)cc2)c(C(C)=O)c1O. The maximum absolute atomic E-state index is 11.9. The Morgan fingerprint density at radius 1 is 1.07 bits per heavy atom. The summed E-state index contributed by atoms with van der Waals surface area (Å²) >= 11 is 0. The number of carbonyl (C=O) groups is 2. The monoisotopic (exact) mass is 396 g/mol. The Balaban J connectivity index is 1.86. The Morgan fingerprint density at radius 3 is 2.38 bits per heavy atom. The van der Waals surface area contributed by atoms with Gasteiger partial charge in [-0.05, 0) is 48.7 Å². The van der Waals surface area contributed by atoms with Crippen molar-refractivity contribution in [1.82, 2.24) is 0 Å². The topological polar surface area (TPSA) is 93.1 Å². The molecule has 0 aliphatic carbocycles. The molecule has 152 valence electrons. The van der Waals surface area contributed by atoms with Crippen LogP contribution in [0.1, 0.15) is 34.8 Å². The summed E-state index contributed by atoms with van der Waals surface area (Å²) in [7, 11) is 0. The van der Waals surface area contributed by atoms with Crippen LogP contribution in [0.15, 0.2) is 55.1 Å². The van der Waals surface area contributed by atoms with E-state index in [4.69, 9.17) is 14.6 Å². The van der Waals surface area contributed by atoms with Crippen LogP contribution in [-0.4, -0.2) is 35.2 Å². The molecule has 0 aliphatic heterocycles. The minimum Gasteiger partial charge on any atom is -0.507 e. The number of aliphatic carboxylic acids is 1. The standard InChI is InChI=1S/C23H24O6/c1-3-5-18-9-12-20(22(16(2)24)23(18)27)29-15-4-14-28-19-10-6-17(7-11-19)8-13-21(25)26/h3,6-13,27H,1,4-5,14-15H2,2H3,(H,25,26)/b13-8+. The molecule has 0 aromatic heterocycles. The molecule has 29 heavy (non-hydrogen) atoms. The zero-order valence-electron chi connectivity index (χ0n) is 16.3. The summed E-state index contributed by atoms with van der Waals surface area (Å²) in [6, 6.07) is 10.4. The summed E-state index contributed by atoms with van der Waals surface area (Å²) in [5.41, 5.74) is 1.57. The van der Waals surface area contributed by atoms with Crippen molar-refractivity contribution in [2.45, 2.75) is 19.8 Å². The molecule has 0 fully saturated rings. The van der Waals surface area contributed by atoms with Crippen molar-refractivity contribution in [3.05, 3.63) is 71.8 Å². The van der Waals surface area contributed by atoms with Crippen LogP contribution >= 0.6 is 0 Å². The molecule has 0 unspecified atom stereocenters. The van der Waals surface area contributed by atoms with Crippen molar-refractivity contribution in [1.29, 1.82) is 0 Å². The fourth-order valence-corrected chi connectivity index (χ4v) is 2.67. The van der Waals surface area contributed by atoms with Crippen LogP contribution in [0, 0.1) is 0 Å². The molecular weight excluding hydrogens is 372 g/mol. The fraction of sp³-hybridized carbons (Fsp3) is 0.217. The van der Waals surface area contributed by atoms with Crippen LogP contribution in [0.3, 0.4) is 0 Å². The Bertz CT molecular complexity index is 896. The van der Waals surface area contributed by atoms with E-state index in [-0.39, 0.29) is 17.1 Å². The summed E-state index contributed by atoms with van der Waals surface area (Å²) in [6.07, 6.45) is 5.27. The lowest BCUT2D eigenvalue weighted by molar-refractivity contribution is -0.131. The highest BCUT2D eigenvalue weighted by Crippen LogP contribution is 2.32. The number of phenols is 1. The summed E-state index contributed by atoms with van der Waals surface area (Å²) in [6.45, 7) is 5.75. The third-order valence-corrected chi connectivity index (χ3v) is 4.05. The van der Waals surface area contributed by atoms with Gasteiger partial charge >= 0.3 is 5.97 Å². The Labute approximate surface area is 169 Å². The number of ether oxygens (including phenoxy) is 2. The van der Waals surface area contributed by atoms with Gasteiger partial charge < -0.3 is 19.7 Å². The number of allylic oxidation sites excluding steroid dienone is 1. The molecule has 0 radical (unpaired) electrons. The van der Waals surface area contributed by atoms with Crippen LogP contribution < -0.4 is 9.47 Å². The van der Waals surface area contributed by atoms with E-state index < -0.39 is 5.97 Å². The molecule has 2 rings (SSSR count). The normalized spacial score (nSPS) is 10.7. The predicted octanol–water partition coefficient (Wildman–Crippen LogP) is 4.27. The van der Waals surface area contributed by atoms with Gasteiger partial charge in [-0.15, -0.1) is 6.58 Å². The van der Waals surface area contributed by atoms with Crippen LogP contribution in [0.2, 0.25) is 0 Å². The van der Waals surface area contributed by atoms with Crippen molar-refractivity contribution in [2.75, 3.05) is 13.2 Å². The minimum absolute atomic E-state index is 0.0665. The van der Waals surface area contributed by atoms with Gasteiger partial charge in [0.15, 0.2) is 5.78 Å². The molecule has 0 atom stereocenters. The fourth-order valence-electron chi connectivity index (χ4n) is 2.67. The first kappa shape index (κ1) is 21.8. The molecule has 0 amide bonds. The van der Waals surface area contributed by atoms with Gasteiger partial charge in [-0.2, -0.15) is 0 Å². The first-order valence-electron chi connectivity index (χ1n) is 9.15. The maximum Gasteiger partial charge on any atom is 0.328 e. The number of hydrogen-bond donors (Lipinski definition) is 2. The van der Waals surface area contributed by atoms with Gasteiger partial charge in [-0.1, -0.05) is 24.3 Å². The van der Waals surface area contributed by atoms with Crippen molar-refractivity contribution in [3.63, 3.8) is 0 Å². The summed E-state index contributed by atoms with van der Waals surface area (Å²) in [4.78, 5) is 22.4. The number of carboxylic acid groups (broad SMARTS) is 1. The van der Waals surface area contributed by atoms with E-state index in [0.29, 0.717) is 43.1 Å². The molecule has 0 spiro atoms. The molecule has 0 bridgehead atoms. The zero-order chi connectivity index (χ0) is 21.2.